The summed E-state index contributed by atoms with van der Waals surface area (Å²) in [6, 6.07) is 10.5. The Morgan fingerprint density at radius 2 is 2.00 bits per heavy atom. The average Bonchev–Trinajstić information content (AvgIpc) is 3.03. The van der Waals surface area contributed by atoms with Crippen LogP contribution >= 0.6 is 0 Å². The molecule has 2 saturated heterocycles. The lowest BCUT2D eigenvalue weighted by Gasteiger charge is -2.40. The lowest BCUT2D eigenvalue weighted by Crippen LogP contribution is -2.45. The highest BCUT2D eigenvalue weighted by molar-refractivity contribution is 5.92. The fourth-order valence-electron chi connectivity index (χ4n) is 4.82. The minimum Gasteiger partial charge on any atom is -0.368 e. The van der Waals surface area contributed by atoms with Crippen molar-refractivity contribution >= 4 is 11.9 Å². The summed E-state index contributed by atoms with van der Waals surface area (Å²) in [5, 5.41) is 0. The molecular formula is C22H29N5O. The Kier molecular flexibility index (Phi) is 5.06. The smallest absolute Gasteiger partial charge is 0.272 e. The second-order valence-corrected chi connectivity index (χ2v) is 8.53. The first-order chi connectivity index (χ1) is 13.4. The van der Waals surface area contributed by atoms with Gasteiger partial charge in [-0.1, -0.05) is 29.8 Å². The molecule has 2 N–H and O–H groups in total. The van der Waals surface area contributed by atoms with Crippen molar-refractivity contribution in [1.82, 2.24) is 19.8 Å². The second-order valence-electron chi connectivity index (χ2n) is 8.53. The van der Waals surface area contributed by atoms with Gasteiger partial charge < -0.3 is 10.6 Å². The summed E-state index contributed by atoms with van der Waals surface area (Å²) in [6.45, 7) is 8.74. The third-order valence-corrected chi connectivity index (χ3v) is 6.05. The van der Waals surface area contributed by atoms with Crippen LogP contribution in [0.1, 0.15) is 46.6 Å². The van der Waals surface area contributed by atoms with Crippen LogP contribution in [0.2, 0.25) is 0 Å². The van der Waals surface area contributed by atoms with Gasteiger partial charge in [0.05, 0.1) is 0 Å². The van der Waals surface area contributed by atoms with E-state index in [2.05, 4.69) is 46.1 Å². The van der Waals surface area contributed by atoms with E-state index in [1.807, 2.05) is 11.8 Å². The van der Waals surface area contributed by atoms with Crippen LogP contribution in [0.5, 0.6) is 0 Å². The number of rotatable bonds is 3. The van der Waals surface area contributed by atoms with Crippen LogP contribution in [-0.2, 0) is 6.54 Å². The molecule has 1 aromatic heterocycles. The van der Waals surface area contributed by atoms with Gasteiger partial charge in [0.15, 0.2) is 0 Å². The quantitative estimate of drug-likeness (QED) is 0.887. The number of piperidine rings is 1. The van der Waals surface area contributed by atoms with Crippen LogP contribution < -0.4 is 5.73 Å². The van der Waals surface area contributed by atoms with Crippen LogP contribution in [0.3, 0.4) is 0 Å². The number of carbonyl (C=O) groups excluding carboxylic acids is 1. The van der Waals surface area contributed by atoms with Gasteiger partial charge >= 0.3 is 0 Å². The molecule has 1 unspecified atom stereocenters. The van der Waals surface area contributed by atoms with Crippen LogP contribution in [0.4, 0.5) is 5.95 Å². The van der Waals surface area contributed by atoms with Crippen molar-refractivity contribution in [2.24, 2.45) is 5.41 Å². The molecule has 0 aliphatic carbocycles. The number of carbonyl (C=O) groups is 1. The van der Waals surface area contributed by atoms with E-state index in [9.17, 15) is 4.79 Å². The average molecular weight is 380 g/mol. The summed E-state index contributed by atoms with van der Waals surface area (Å²) in [5.74, 6) is 0.143. The molecule has 3 heterocycles. The summed E-state index contributed by atoms with van der Waals surface area (Å²) in [4.78, 5) is 25.7. The standard InChI is InChI=1S/C22H29N5O/c1-16-5-3-6-18(11-16)13-26-9-4-7-22(14-26)8-10-27(15-22)20(28)19-12-17(2)24-21(23)25-19/h3,5-6,11-12H,4,7-10,13-15H2,1-2H3,(H2,23,24,25). The van der Waals surface area contributed by atoms with Crippen molar-refractivity contribution in [3.63, 3.8) is 0 Å². The number of hydrogen-bond acceptors (Lipinski definition) is 5. The number of nitrogen functional groups attached to an aromatic ring is 1. The third-order valence-electron chi connectivity index (χ3n) is 6.05. The van der Waals surface area contributed by atoms with E-state index in [1.54, 1.807) is 6.07 Å². The highest BCUT2D eigenvalue weighted by atomic mass is 16.2. The molecule has 0 saturated carbocycles. The van der Waals surface area contributed by atoms with Gasteiger partial charge in [-0.2, -0.15) is 0 Å². The Morgan fingerprint density at radius 3 is 2.79 bits per heavy atom. The Bertz CT molecular complexity index is 863. The number of hydrogen-bond donors (Lipinski definition) is 1. The lowest BCUT2D eigenvalue weighted by atomic mass is 9.79. The number of amides is 1. The first kappa shape index (κ1) is 18.9. The number of nitrogens with two attached hydrogens (primary N) is 1. The first-order valence-electron chi connectivity index (χ1n) is 10.1. The third kappa shape index (κ3) is 4.02. The molecule has 6 heteroatoms. The molecule has 28 heavy (non-hydrogen) atoms. The van der Waals surface area contributed by atoms with Gasteiger partial charge in [0.25, 0.3) is 5.91 Å². The Balaban J connectivity index is 1.43. The molecule has 2 fully saturated rings. The molecule has 1 aromatic carbocycles. The molecule has 0 radical (unpaired) electrons. The molecule has 6 nitrogen and oxygen atoms in total. The number of aromatic nitrogens is 2. The first-order valence-corrected chi connectivity index (χ1v) is 10.1. The zero-order valence-electron chi connectivity index (χ0n) is 16.8. The van der Waals surface area contributed by atoms with Gasteiger partial charge in [0.2, 0.25) is 5.95 Å². The number of aryl methyl sites for hydroxylation is 2. The van der Waals surface area contributed by atoms with E-state index in [1.165, 1.54) is 24.0 Å². The fourth-order valence-corrected chi connectivity index (χ4v) is 4.82. The van der Waals surface area contributed by atoms with E-state index in [4.69, 9.17) is 5.73 Å². The van der Waals surface area contributed by atoms with Crippen LogP contribution in [-0.4, -0.2) is 51.9 Å². The van der Waals surface area contributed by atoms with Crippen molar-refractivity contribution < 1.29 is 4.79 Å². The Morgan fingerprint density at radius 1 is 1.14 bits per heavy atom. The van der Waals surface area contributed by atoms with Gasteiger partial charge in [0, 0.05) is 37.3 Å². The van der Waals surface area contributed by atoms with E-state index < -0.39 is 0 Å². The molecule has 2 aliphatic rings. The second kappa shape index (κ2) is 7.51. The predicted octanol–water partition coefficient (Wildman–Crippen LogP) is 2.80. The topological polar surface area (TPSA) is 75.3 Å². The minimum atomic E-state index is -0.0233. The number of benzene rings is 1. The summed E-state index contributed by atoms with van der Waals surface area (Å²) in [5.41, 5.74) is 9.75. The highest BCUT2D eigenvalue weighted by Gasteiger charge is 2.43. The van der Waals surface area contributed by atoms with Crippen molar-refractivity contribution in [2.75, 3.05) is 31.9 Å². The molecule has 1 amide bonds. The monoisotopic (exact) mass is 379 g/mol. The number of nitrogens with zero attached hydrogens (tertiary/aromatic N) is 4. The Hall–Kier alpha value is -2.47. The van der Waals surface area contributed by atoms with Crippen molar-refractivity contribution in [3.05, 3.63) is 52.8 Å². The normalized spacial score (nSPS) is 22.7. The van der Waals surface area contributed by atoms with E-state index in [0.717, 1.165) is 44.8 Å². The lowest BCUT2D eigenvalue weighted by molar-refractivity contribution is 0.0671. The highest BCUT2D eigenvalue weighted by Crippen LogP contribution is 2.39. The SMILES string of the molecule is Cc1cccc(CN2CCCC3(CCN(C(=O)c4cc(C)nc(N)n4)C3)C2)c1. The van der Waals surface area contributed by atoms with Gasteiger partial charge in [-0.05, 0) is 51.3 Å². The van der Waals surface area contributed by atoms with E-state index in [-0.39, 0.29) is 17.3 Å². The minimum absolute atomic E-state index is 0.0233. The largest absolute Gasteiger partial charge is 0.368 e. The van der Waals surface area contributed by atoms with Gasteiger partial charge in [-0.25, -0.2) is 9.97 Å². The number of likely N-dealkylation sites (tertiary alicyclic amines) is 2. The zero-order chi connectivity index (χ0) is 19.7. The maximum absolute atomic E-state index is 13.0. The van der Waals surface area contributed by atoms with Crippen LogP contribution in [0.25, 0.3) is 0 Å². The summed E-state index contributed by atoms with van der Waals surface area (Å²) >= 11 is 0. The molecule has 1 spiro atoms. The summed E-state index contributed by atoms with van der Waals surface area (Å²) in [7, 11) is 0. The predicted molar refractivity (Wildman–Crippen MR) is 110 cm³/mol. The van der Waals surface area contributed by atoms with Crippen molar-refractivity contribution in [3.8, 4) is 0 Å². The summed E-state index contributed by atoms with van der Waals surface area (Å²) in [6.07, 6.45) is 3.43. The molecule has 2 aromatic rings. The van der Waals surface area contributed by atoms with Gasteiger partial charge in [0.1, 0.15) is 5.69 Å². The zero-order valence-corrected chi connectivity index (χ0v) is 16.8. The molecule has 4 rings (SSSR count). The van der Waals surface area contributed by atoms with Gasteiger partial charge in [-0.15, -0.1) is 0 Å². The maximum atomic E-state index is 13.0. The molecule has 148 valence electrons. The summed E-state index contributed by atoms with van der Waals surface area (Å²) < 4.78 is 0. The molecule has 0 bridgehead atoms. The number of anilines is 1. The fraction of sp³-hybridized carbons (Fsp3) is 0.500. The molecule has 2 aliphatic heterocycles. The van der Waals surface area contributed by atoms with Gasteiger partial charge in [-0.3, -0.25) is 9.69 Å². The van der Waals surface area contributed by atoms with Crippen LogP contribution in [0, 0.1) is 19.3 Å². The maximum Gasteiger partial charge on any atom is 0.272 e. The Labute approximate surface area is 166 Å². The van der Waals surface area contributed by atoms with Crippen molar-refractivity contribution in [1.29, 1.82) is 0 Å². The molecular weight excluding hydrogens is 350 g/mol. The molecule has 1 atom stereocenters. The van der Waals surface area contributed by atoms with Crippen molar-refractivity contribution in [2.45, 2.75) is 39.7 Å². The van der Waals surface area contributed by atoms with E-state index >= 15 is 0 Å². The van der Waals surface area contributed by atoms with E-state index in [0.29, 0.717) is 5.69 Å². The van der Waals surface area contributed by atoms with Crippen LogP contribution in [0.15, 0.2) is 30.3 Å².